The SMILES string of the molecule is N#C/C(=C\c1ccco1)C(=O)NS(=O)(=O)c1cccc2cnccc12. The molecule has 0 aliphatic rings. The normalized spacial score (nSPS) is 11.9. The lowest BCUT2D eigenvalue weighted by Crippen LogP contribution is -2.31. The Morgan fingerprint density at radius 3 is 2.80 bits per heavy atom. The van der Waals surface area contributed by atoms with Crippen LogP contribution in [0.5, 0.6) is 0 Å². The molecule has 124 valence electrons. The van der Waals surface area contributed by atoms with Gasteiger partial charge >= 0.3 is 0 Å². The molecule has 25 heavy (non-hydrogen) atoms. The first-order valence-electron chi connectivity index (χ1n) is 7.06. The van der Waals surface area contributed by atoms with E-state index in [4.69, 9.17) is 9.68 Å². The van der Waals surface area contributed by atoms with E-state index in [2.05, 4.69) is 4.98 Å². The Bertz CT molecular complexity index is 1110. The quantitative estimate of drug-likeness (QED) is 0.568. The molecule has 1 amide bonds. The zero-order chi connectivity index (χ0) is 17.9. The van der Waals surface area contributed by atoms with E-state index >= 15 is 0 Å². The molecule has 3 rings (SSSR count). The van der Waals surface area contributed by atoms with Crippen molar-refractivity contribution < 1.29 is 17.6 Å². The fourth-order valence-electron chi connectivity index (χ4n) is 2.22. The van der Waals surface area contributed by atoms with Crippen molar-refractivity contribution in [1.29, 1.82) is 5.26 Å². The fraction of sp³-hybridized carbons (Fsp3) is 0. The first kappa shape index (κ1) is 16.4. The summed E-state index contributed by atoms with van der Waals surface area (Å²) < 4.78 is 32.1. The van der Waals surface area contributed by atoms with Crippen LogP contribution in [-0.4, -0.2) is 19.3 Å². The summed E-state index contributed by atoms with van der Waals surface area (Å²) in [7, 11) is -4.17. The van der Waals surface area contributed by atoms with E-state index in [1.54, 1.807) is 24.3 Å². The van der Waals surface area contributed by atoms with Crippen molar-refractivity contribution in [2.45, 2.75) is 4.90 Å². The standard InChI is InChI=1S/C17H11N3O4S/c18-10-13(9-14-4-2-8-24-14)17(21)20-25(22,23)16-5-1-3-12-11-19-7-6-15(12)16/h1-9,11H,(H,20,21)/b13-9+. The van der Waals surface area contributed by atoms with Crippen molar-refractivity contribution in [3.8, 4) is 6.07 Å². The summed E-state index contributed by atoms with van der Waals surface area (Å²) in [5, 5.41) is 10.1. The number of pyridine rings is 1. The molecule has 7 nitrogen and oxygen atoms in total. The molecule has 1 aromatic carbocycles. The molecule has 0 saturated heterocycles. The number of rotatable bonds is 4. The number of amides is 1. The number of furan rings is 1. The molecule has 2 aromatic heterocycles. The lowest BCUT2D eigenvalue weighted by Gasteiger charge is -2.09. The number of hydrogen-bond donors (Lipinski definition) is 1. The van der Waals surface area contributed by atoms with Crippen molar-refractivity contribution in [3.63, 3.8) is 0 Å². The summed E-state index contributed by atoms with van der Waals surface area (Å²) in [6, 6.07) is 11.0. The molecule has 0 spiro atoms. The Balaban J connectivity index is 1.96. The molecule has 1 N–H and O–H groups in total. The number of nitrogens with zero attached hydrogens (tertiary/aromatic N) is 2. The number of sulfonamides is 1. The highest BCUT2D eigenvalue weighted by molar-refractivity contribution is 7.90. The van der Waals surface area contributed by atoms with Gasteiger partial charge in [0.05, 0.1) is 11.2 Å². The van der Waals surface area contributed by atoms with Gasteiger partial charge in [-0.25, -0.2) is 13.1 Å². The lowest BCUT2D eigenvalue weighted by atomic mass is 10.2. The van der Waals surface area contributed by atoms with E-state index in [1.807, 2.05) is 4.72 Å². The summed E-state index contributed by atoms with van der Waals surface area (Å²) in [6.07, 6.45) is 5.52. The minimum absolute atomic E-state index is 0.0731. The highest BCUT2D eigenvalue weighted by atomic mass is 32.2. The number of carbonyl (C=O) groups is 1. The van der Waals surface area contributed by atoms with E-state index in [0.29, 0.717) is 10.8 Å². The van der Waals surface area contributed by atoms with Crippen molar-refractivity contribution >= 4 is 32.8 Å². The van der Waals surface area contributed by atoms with Gasteiger partial charge in [0, 0.05) is 29.2 Å². The minimum Gasteiger partial charge on any atom is -0.465 e. The van der Waals surface area contributed by atoms with Crippen LogP contribution in [0.4, 0.5) is 0 Å². The van der Waals surface area contributed by atoms with Crippen molar-refractivity contribution in [2.75, 3.05) is 0 Å². The average Bonchev–Trinajstić information content (AvgIpc) is 3.11. The van der Waals surface area contributed by atoms with Gasteiger partial charge < -0.3 is 4.42 Å². The Morgan fingerprint density at radius 1 is 1.24 bits per heavy atom. The number of benzene rings is 1. The summed E-state index contributed by atoms with van der Waals surface area (Å²) in [5.74, 6) is -0.773. The van der Waals surface area contributed by atoms with Crippen molar-refractivity contribution in [2.24, 2.45) is 0 Å². The topological polar surface area (TPSA) is 113 Å². The van der Waals surface area contributed by atoms with E-state index in [9.17, 15) is 13.2 Å². The Morgan fingerprint density at radius 2 is 2.08 bits per heavy atom. The zero-order valence-electron chi connectivity index (χ0n) is 12.7. The molecule has 0 unspecified atom stereocenters. The molecule has 2 heterocycles. The molecule has 0 fully saturated rings. The Labute approximate surface area is 143 Å². The van der Waals surface area contributed by atoms with Crippen molar-refractivity contribution in [3.05, 3.63) is 66.4 Å². The maximum Gasteiger partial charge on any atom is 0.275 e. The van der Waals surface area contributed by atoms with Crippen LogP contribution in [0.25, 0.3) is 16.8 Å². The molecule has 8 heteroatoms. The number of fused-ring (bicyclic) bond motifs is 1. The van der Waals surface area contributed by atoms with Crippen LogP contribution < -0.4 is 4.72 Å². The summed E-state index contributed by atoms with van der Waals surface area (Å²) in [4.78, 5) is 16.1. The molecule has 0 aliphatic carbocycles. The third-order valence-corrected chi connectivity index (χ3v) is 4.74. The van der Waals surface area contributed by atoms with Gasteiger partial charge in [0.2, 0.25) is 0 Å². The summed E-state index contributed by atoms with van der Waals surface area (Å²) >= 11 is 0. The maximum atomic E-state index is 12.6. The van der Waals surface area contributed by atoms with E-state index in [0.717, 1.165) is 6.08 Å². The van der Waals surface area contributed by atoms with Crippen LogP contribution in [0, 0.1) is 11.3 Å². The average molecular weight is 353 g/mol. The number of hydrogen-bond acceptors (Lipinski definition) is 6. The monoisotopic (exact) mass is 353 g/mol. The van der Waals surface area contributed by atoms with Crippen LogP contribution in [0.2, 0.25) is 0 Å². The fourth-order valence-corrected chi connectivity index (χ4v) is 3.42. The summed E-state index contributed by atoms with van der Waals surface area (Å²) in [5.41, 5.74) is -0.388. The highest BCUT2D eigenvalue weighted by Crippen LogP contribution is 2.22. The summed E-state index contributed by atoms with van der Waals surface area (Å²) in [6.45, 7) is 0. The van der Waals surface area contributed by atoms with Gasteiger partial charge in [-0.15, -0.1) is 0 Å². The molecular weight excluding hydrogens is 342 g/mol. The first-order valence-corrected chi connectivity index (χ1v) is 8.55. The second kappa shape index (κ2) is 6.59. The maximum absolute atomic E-state index is 12.6. The molecular formula is C17H11N3O4S. The second-order valence-electron chi connectivity index (χ2n) is 4.97. The van der Waals surface area contributed by atoms with Gasteiger partial charge in [0.1, 0.15) is 17.4 Å². The van der Waals surface area contributed by atoms with Gasteiger partial charge in [-0.2, -0.15) is 5.26 Å². The van der Waals surface area contributed by atoms with Crippen LogP contribution in [0.1, 0.15) is 5.76 Å². The van der Waals surface area contributed by atoms with Gasteiger partial charge in [-0.1, -0.05) is 12.1 Å². The number of carbonyl (C=O) groups excluding carboxylic acids is 1. The second-order valence-corrected chi connectivity index (χ2v) is 6.62. The van der Waals surface area contributed by atoms with Crippen LogP contribution >= 0.6 is 0 Å². The molecule has 0 bridgehead atoms. The van der Waals surface area contributed by atoms with E-state index < -0.39 is 15.9 Å². The molecule has 0 aliphatic heterocycles. The Kier molecular flexibility index (Phi) is 4.33. The molecule has 0 radical (unpaired) electrons. The predicted octanol–water partition coefficient (Wildman–Crippen LogP) is 2.24. The van der Waals surface area contributed by atoms with Crippen molar-refractivity contribution in [1.82, 2.24) is 9.71 Å². The number of nitriles is 1. The zero-order valence-corrected chi connectivity index (χ0v) is 13.5. The Hall–Kier alpha value is -3.44. The molecule has 3 aromatic rings. The van der Waals surface area contributed by atoms with E-state index in [1.165, 1.54) is 36.9 Å². The predicted molar refractivity (Wildman–Crippen MR) is 89.4 cm³/mol. The smallest absolute Gasteiger partial charge is 0.275 e. The van der Waals surface area contributed by atoms with Crippen LogP contribution in [-0.2, 0) is 14.8 Å². The highest BCUT2D eigenvalue weighted by Gasteiger charge is 2.22. The largest absolute Gasteiger partial charge is 0.465 e. The van der Waals surface area contributed by atoms with Gasteiger partial charge in [0.25, 0.3) is 15.9 Å². The van der Waals surface area contributed by atoms with Crippen LogP contribution in [0.3, 0.4) is 0 Å². The first-order chi connectivity index (χ1) is 12.0. The third-order valence-electron chi connectivity index (χ3n) is 3.35. The third kappa shape index (κ3) is 3.41. The van der Waals surface area contributed by atoms with Gasteiger partial charge in [-0.3, -0.25) is 9.78 Å². The van der Waals surface area contributed by atoms with Gasteiger partial charge in [-0.05, 0) is 24.3 Å². The number of nitrogens with one attached hydrogen (secondary N) is 1. The van der Waals surface area contributed by atoms with E-state index in [-0.39, 0.29) is 16.2 Å². The van der Waals surface area contributed by atoms with Crippen LogP contribution in [0.15, 0.2) is 69.9 Å². The number of aromatic nitrogens is 1. The molecule has 0 atom stereocenters. The minimum atomic E-state index is -4.17. The molecule has 0 saturated carbocycles. The lowest BCUT2D eigenvalue weighted by molar-refractivity contribution is -0.115. The van der Waals surface area contributed by atoms with Gasteiger partial charge in [0.15, 0.2) is 0 Å².